The molecule has 4 heteroatoms. The van der Waals surface area contributed by atoms with E-state index in [4.69, 9.17) is 5.11 Å². The summed E-state index contributed by atoms with van der Waals surface area (Å²) in [7, 11) is 1.98. The lowest BCUT2D eigenvalue weighted by Crippen LogP contribution is -2.36. The van der Waals surface area contributed by atoms with Gasteiger partial charge in [0.05, 0.1) is 13.2 Å². The molecule has 130 valence electrons. The van der Waals surface area contributed by atoms with Gasteiger partial charge in [-0.25, -0.2) is 0 Å². The van der Waals surface area contributed by atoms with Crippen LogP contribution in [0.25, 0.3) is 0 Å². The van der Waals surface area contributed by atoms with Crippen LogP contribution in [0.1, 0.15) is 77.6 Å². The van der Waals surface area contributed by atoms with Gasteiger partial charge in [0.15, 0.2) is 0 Å². The molecule has 0 rings (SSSR count). The van der Waals surface area contributed by atoms with Crippen molar-refractivity contribution in [2.75, 3.05) is 26.8 Å². The normalized spacial score (nSPS) is 12.4. The Bertz CT molecular complexity index is 194. The zero-order chi connectivity index (χ0) is 15.1. The molecule has 3 nitrogen and oxygen atoms in total. The van der Waals surface area contributed by atoms with Crippen LogP contribution in [0, 0.1) is 0 Å². The Kier molecular flexibility index (Phi) is 20.7. The van der Waals surface area contributed by atoms with E-state index in [-0.39, 0.29) is 36.2 Å². The van der Waals surface area contributed by atoms with E-state index >= 15 is 0 Å². The number of nitrogens with zero attached hydrogens (tertiary/aromatic N) is 1. The summed E-state index contributed by atoms with van der Waals surface area (Å²) in [6.45, 7) is 3.29. The Morgan fingerprint density at radius 1 is 0.810 bits per heavy atom. The average molecular weight is 368 g/mol. The molecule has 0 saturated heterocycles. The topological polar surface area (TPSA) is 43.7 Å². The van der Waals surface area contributed by atoms with E-state index in [0.717, 1.165) is 6.42 Å². The van der Waals surface area contributed by atoms with Gasteiger partial charge in [-0.3, -0.25) is 4.90 Å². The number of unbranched alkanes of at least 4 members (excludes halogenated alkanes) is 9. The molecule has 0 heterocycles. The molecular weight excluding hydrogens is 330 g/mol. The number of aliphatic hydroxyl groups excluding tert-OH is 2. The monoisotopic (exact) mass is 367 g/mol. The molecule has 21 heavy (non-hydrogen) atoms. The summed E-state index contributed by atoms with van der Waals surface area (Å²) in [6.07, 6.45) is 14.5. The lowest BCUT2D eigenvalue weighted by molar-refractivity contribution is 0.117. The maximum absolute atomic E-state index is 9.34. The van der Waals surface area contributed by atoms with E-state index in [2.05, 4.69) is 11.8 Å². The van der Waals surface area contributed by atoms with Gasteiger partial charge >= 0.3 is 0 Å². The fraction of sp³-hybridized carbons (Fsp3) is 1.00. The Morgan fingerprint density at radius 3 is 1.71 bits per heavy atom. The summed E-state index contributed by atoms with van der Waals surface area (Å²) in [4.78, 5) is 2.06. The van der Waals surface area contributed by atoms with Gasteiger partial charge in [0, 0.05) is 12.6 Å². The second-order valence-electron chi connectivity index (χ2n) is 6.01. The quantitative estimate of drug-likeness (QED) is 0.427. The molecule has 0 aromatic carbocycles. The predicted octanol–water partition coefficient (Wildman–Crippen LogP) is 4.16. The zero-order valence-electron chi connectivity index (χ0n) is 14.2. The van der Waals surface area contributed by atoms with E-state index in [0.29, 0.717) is 6.54 Å². The molecule has 0 spiro atoms. The van der Waals surface area contributed by atoms with Crippen molar-refractivity contribution in [3.05, 3.63) is 0 Å². The minimum atomic E-state index is 0. The third-order valence-electron chi connectivity index (χ3n) is 4.18. The molecule has 0 radical (unpaired) electrons. The fourth-order valence-corrected chi connectivity index (χ4v) is 2.66. The van der Waals surface area contributed by atoms with Gasteiger partial charge in [-0.15, -0.1) is 17.0 Å². The Hall–Kier alpha value is 0.360. The molecule has 0 bridgehead atoms. The third-order valence-corrected chi connectivity index (χ3v) is 4.18. The van der Waals surface area contributed by atoms with Crippen molar-refractivity contribution < 1.29 is 10.2 Å². The van der Waals surface area contributed by atoms with Gasteiger partial charge in [-0.05, 0) is 13.5 Å². The summed E-state index contributed by atoms with van der Waals surface area (Å²) in [6, 6.07) is 0.219. The molecule has 0 amide bonds. The number of halogens is 1. The van der Waals surface area contributed by atoms with Crippen LogP contribution >= 0.6 is 17.0 Å². The van der Waals surface area contributed by atoms with Crippen LogP contribution < -0.4 is 0 Å². The Morgan fingerprint density at radius 2 is 1.29 bits per heavy atom. The van der Waals surface area contributed by atoms with Crippen molar-refractivity contribution in [1.82, 2.24) is 4.90 Å². The van der Waals surface area contributed by atoms with Crippen LogP contribution in [0.3, 0.4) is 0 Å². The predicted molar refractivity (Wildman–Crippen MR) is 97.4 cm³/mol. The summed E-state index contributed by atoms with van der Waals surface area (Å²) in [5.74, 6) is 0. The first-order valence-electron chi connectivity index (χ1n) is 8.68. The van der Waals surface area contributed by atoms with Crippen molar-refractivity contribution in [3.63, 3.8) is 0 Å². The van der Waals surface area contributed by atoms with E-state index in [1.807, 2.05) is 7.05 Å². The lowest BCUT2D eigenvalue weighted by Gasteiger charge is -2.25. The van der Waals surface area contributed by atoms with E-state index in [9.17, 15) is 5.11 Å². The molecule has 1 atom stereocenters. The van der Waals surface area contributed by atoms with Crippen LogP contribution in [0.4, 0.5) is 0 Å². The SMILES string of the molecule is Br.CCCCCCCCCCCCC(CO)N(C)CCO. The molecule has 0 aromatic heterocycles. The fourth-order valence-electron chi connectivity index (χ4n) is 2.66. The van der Waals surface area contributed by atoms with Crippen molar-refractivity contribution in [2.45, 2.75) is 83.6 Å². The number of hydrogen-bond acceptors (Lipinski definition) is 3. The van der Waals surface area contributed by atoms with Gasteiger partial charge in [-0.2, -0.15) is 0 Å². The van der Waals surface area contributed by atoms with Gasteiger partial charge in [0.25, 0.3) is 0 Å². The Balaban J connectivity index is 0. The first-order valence-corrected chi connectivity index (χ1v) is 8.68. The maximum atomic E-state index is 9.34. The summed E-state index contributed by atoms with van der Waals surface area (Å²) in [5.41, 5.74) is 0. The highest BCUT2D eigenvalue weighted by Crippen LogP contribution is 2.13. The lowest BCUT2D eigenvalue weighted by atomic mass is 10.0. The van der Waals surface area contributed by atoms with Crippen LogP contribution in [0.2, 0.25) is 0 Å². The first-order chi connectivity index (χ1) is 9.76. The molecule has 0 saturated carbocycles. The summed E-state index contributed by atoms with van der Waals surface area (Å²) in [5, 5.41) is 18.2. The summed E-state index contributed by atoms with van der Waals surface area (Å²) >= 11 is 0. The standard InChI is InChI=1S/C17H37NO2.BrH/c1-3-4-5-6-7-8-9-10-11-12-13-17(16-20)18(2)14-15-19;/h17,19-20H,3-16H2,1-2H3;1H. The van der Waals surface area contributed by atoms with Gasteiger partial charge in [0.2, 0.25) is 0 Å². The van der Waals surface area contributed by atoms with Crippen molar-refractivity contribution in [1.29, 1.82) is 0 Å². The minimum absolute atomic E-state index is 0. The van der Waals surface area contributed by atoms with Crippen molar-refractivity contribution >= 4 is 17.0 Å². The number of hydrogen-bond donors (Lipinski definition) is 2. The number of rotatable bonds is 15. The minimum Gasteiger partial charge on any atom is -0.395 e. The highest BCUT2D eigenvalue weighted by molar-refractivity contribution is 8.93. The number of aliphatic hydroxyl groups is 2. The van der Waals surface area contributed by atoms with Gasteiger partial charge < -0.3 is 10.2 Å². The molecule has 0 aromatic rings. The maximum Gasteiger partial charge on any atom is 0.0586 e. The van der Waals surface area contributed by atoms with Crippen LogP contribution in [0.5, 0.6) is 0 Å². The van der Waals surface area contributed by atoms with E-state index < -0.39 is 0 Å². The highest BCUT2D eigenvalue weighted by atomic mass is 79.9. The molecule has 0 fully saturated rings. The molecule has 0 aliphatic rings. The second kappa shape index (κ2) is 18.4. The van der Waals surface area contributed by atoms with Gasteiger partial charge in [0.1, 0.15) is 0 Å². The molecule has 1 unspecified atom stereocenters. The molecular formula is C17H38BrNO2. The average Bonchev–Trinajstić information content (AvgIpc) is 2.45. The zero-order valence-corrected chi connectivity index (χ0v) is 15.9. The van der Waals surface area contributed by atoms with Crippen LogP contribution in [-0.2, 0) is 0 Å². The van der Waals surface area contributed by atoms with Crippen molar-refractivity contribution in [3.8, 4) is 0 Å². The molecule has 2 N–H and O–H groups in total. The Labute approximate surface area is 142 Å². The number of likely N-dealkylation sites (N-methyl/N-ethyl adjacent to an activating group) is 1. The summed E-state index contributed by atoms with van der Waals surface area (Å²) < 4.78 is 0. The largest absolute Gasteiger partial charge is 0.395 e. The van der Waals surface area contributed by atoms with Gasteiger partial charge in [-0.1, -0.05) is 71.1 Å². The first kappa shape index (κ1) is 23.6. The van der Waals surface area contributed by atoms with E-state index in [1.54, 1.807) is 0 Å². The highest BCUT2D eigenvalue weighted by Gasteiger charge is 2.12. The van der Waals surface area contributed by atoms with E-state index in [1.165, 1.54) is 64.2 Å². The smallest absolute Gasteiger partial charge is 0.0586 e. The molecule has 0 aliphatic heterocycles. The van der Waals surface area contributed by atoms with Crippen LogP contribution in [-0.4, -0.2) is 48.0 Å². The second-order valence-corrected chi connectivity index (χ2v) is 6.01. The van der Waals surface area contributed by atoms with Crippen LogP contribution in [0.15, 0.2) is 0 Å². The van der Waals surface area contributed by atoms with Crippen molar-refractivity contribution in [2.24, 2.45) is 0 Å². The molecule has 0 aliphatic carbocycles. The third kappa shape index (κ3) is 15.0.